The highest BCUT2D eigenvalue weighted by Gasteiger charge is 2.09. The summed E-state index contributed by atoms with van der Waals surface area (Å²) in [6.07, 6.45) is 0. The van der Waals surface area contributed by atoms with Crippen molar-refractivity contribution in [2.75, 3.05) is 7.11 Å². The van der Waals surface area contributed by atoms with E-state index in [0.29, 0.717) is 0 Å². The Morgan fingerprint density at radius 3 is 2.46 bits per heavy atom. The fourth-order valence-electron chi connectivity index (χ4n) is 1.10. The summed E-state index contributed by atoms with van der Waals surface area (Å²) < 4.78 is 6.15. The summed E-state index contributed by atoms with van der Waals surface area (Å²) in [7, 11) is 1.64. The standard InChI is InChI=1S/C9H12BrNO.ClH/c1-6(11)7-4-3-5-8(10)9(7)12-2;/h3-6H,11H2,1-2H3;1H/t6-;/m0./s1. The van der Waals surface area contributed by atoms with E-state index in [1.165, 1.54) is 0 Å². The number of rotatable bonds is 2. The molecule has 0 radical (unpaired) electrons. The van der Waals surface area contributed by atoms with E-state index < -0.39 is 0 Å². The molecule has 74 valence electrons. The van der Waals surface area contributed by atoms with Crippen LogP contribution in [0.1, 0.15) is 18.5 Å². The van der Waals surface area contributed by atoms with Gasteiger partial charge in [-0.15, -0.1) is 12.4 Å². The molecular formula is C9H13BrClNO. The topological polar surface area (TPSA) is 35.2 Å². The van der Waals surface area contributed by atoms with Gasteiger partial charge in [0, 0.05) is 11.6 Å². The molecule has 4 heteroatoms. The minimum absolute atomic E-state index is 0. The number of benzene rings is 1. The first-order chi connectivity index (χ1) is 5.66. The average molecular weight is 267 g/mol. The monoisotopic (exact) mass is 265 g/mol. The normalized spacial score (nSPS) is 11.7. The van der Waals surface area contributed by atoms with Crippen LogP contribution in [0, 0.1) is 0 Å². The maximum Gasteiger partial charge on any atom is 0.137 e. The van der Waals surface area contributed by atoms with E-state index >= 15 is 0 Å². The number of ether oxygens (including phenoxy) is 1. The van der Waals surface area contributed by atoms with Crippen molar-refractivity contribution >= 4 is 28.3 Å². The van der Waals surface area contributed by atoms with Crippen molar-refractivity contribution < 1.29 is 4.74 Å². The lowest BCUT2D eigenvalue weighted by atomic mass is 10.1. The molecule has 0 aliphatic rings. The van der Waals surface area contributed by atoms with Gasteiger partial charge in [0.05, 0.1) is 11.6 Å². The Morgan fingerprint density at radius 2 is 2.08 bits per heavy atom. The second-order valence-electron chi connectivity index (χ2n) is 2.65. The highest BCUT2D eigenvalue weighted by atomic mass is 79.9. The van der Waals surface area contributed by atoms with Crippen molar-refractivity contribution in [1.82, 2.24) is 0 Å². The Kier molecular flexibility index (Phi) is 5.37. The third-order valence-electron chi connectivity index (χ3n) is 1.69. The molecule has 0 heterocycles. The molecule has 0 fully saturated rings. The van der Waals surface area contributed by atoms with E-state index in [9.17, 15) is 0 Å². The second-order valence-corrected chi connectivity index (χ2v) is 3.51. The zero-order valence-electron chi connectivity index (χ0n) is 7.58. The summed E-state index contributed by atoms with van der Waals surface area (Å²) in [5.74, 6) is 0.826. The summed E-state index contributed by atoms with van der Waals surface area (Å²) in [6.45, 7) is 1.93. The molecule has 0 amide bonds. The smallest absolute Gasteiger partial charge is 0.137 e. The van der Waals surface area contributed by atoms with Crippen LogP contribution in [0.4, 0.5) is 0 Å². The van der Waals surface area contributed by atoms with E-state index in [1.54, 1.807) is 7.11 Å². The van der Waals surface area contributed by atoms with Crippen molar-refractivity contribution in [2.24, 2.45) is 5.73 Å². The van der Waals surface area contributed by atoms with Gasteiger partial charge in [0.15, 0.2) is 0 Å². The first-order valence-corrected chi connectivity index (χ1v) is 4.54. The lowest BCUT2D eigenvalue weighted by Crippen LogP contribution is -2.06. The largest absolute Gasteiger partial charge is 0.495 e. The lowest BCUT2D eigenvalue weighted by molar-refractivity contribution is 0.404. The zero-order valence-corrected chi connectivity index (χ0v) is 9.98. The Morgan fingerprint density at radius 1 is 1.46 bits per heavy atom. The SMILES string of the molecule is COc1c(Br)cccc1[C@H](C)N.Cl. The number of methoxy groups -OCH3 is 1. The Hall–Kier alpha value is -0.250. The van der Waals surface area contributed by atoms with Gasteiger partial charge in [-0.1, -0.05) is 12.1 Å². The van der Waals surface area contributed by atoms with Gasteiger partial charge in [-0.25, -0.2) is 0 Å². The van der Waals surface area contributed by atoms with Crippen LogP contribution in [0.15, 0.2) is 22.7 Å². The Labute approximate surface area is 93.0 Å². The van der Waals surface area contributed by atoms with Gasteiger partial charge in [0.1, 0.15) is 5.75 Å². The van der Waals surface area contributed by atoms with Gasteiger partial charge in [0.25, 0.3) is 0 Å². The minimum Gasteiger partial charge on any atom is -0.495 e. The van der Waals surface area contributed by atoms with E-state index in [-0.39, 0.29) is 18.4 Å². The third-order valence-corrected chi connectivity index (χ3v) is 2.32. The molecule has 1 aromatic carbocycles. The molecule has 0 saturated carbocycles. The Balaban J connectivity index is 0.00000144. The molecule has 0 aliphatic heterocycles. The van der Waals surface area contributed by atoms with Gasteiger partial charge in [-0.3, -0.25) is 0 Å². The van der Waals surface area contributed by atoms with Crippen LogP contribution < -0.4 is 10.5 Å². The van der Waals surface area contributed by atoms with Crippen molar-refractivity contribution in [1.29, 1.82) is 0 Å². The van der Waals surface area contributed by atoms with Crippen molar-refractivity contribution in [3.8, 4) is 5.75 Å². The fraction of sp³-hybridized carbons (Fsp3) is 0.333. The molecule has 2 nitrogen and oxygen atoms in total. The predicted octanol–water partition coefficient (Wildman–Crippen LogP) is 2.90. The molecule has 1 rings (SSSR count). The van der Waals surface area contributed by atoms with Crippen molar-refractivity contribution in [3.05, 3.63) is 28.2 Å². The van der Waals surface area contributed by atoms with Gasteiger partial charge in [-0.2, -0.15) is 0 Å². The molecule has 0 spiro atoms. The summed E-state index contributed by atoms with van der Waals surface area (Å²) in [4.78, 5) is 0. The number of hydrogen-bond acceptors (Lipinski definition) is 2. The van der Waals surface area contributed by atoms with E-state index in [2.05, 4.69) is 15.9 Å². The average Bonchev–Trinajstić information content (AvgIpc) is 2.03. The summed E-state index contributed by atoms with van der Waals surface area (Å²) in [5, 5.41) is 0. The maximum atomic E-state index is 5.76. The van der Waals surface area contributed by atoms with Crippen LogP contribution in [-0.4, -0.2) is 7.11 Å². The van der Waals surface area contributed by atoms with Crippen LogP contribution in [0.5, 0.6) is 5.75 Å². The molecule has 0 unspecified atom stereocenters. The Bertz CT molecular complexity index is 278. The highest BCUT2D eigenvalue weighted by Crippen LogP contribution is 2.31. The third kappa shape index (κ3) is 2.86. The van der Waals surface area contributed by atoms with Crippen LogP contribution in [0.25, 0.3) is 0 Å². The first kappa shape index (κ1) is 12.8. The predicted molar refractivity (Wildman–Crippen MR) is 60.5 cm³/mol. The maximum absolute atomic E-state index is 5.76. The summed E-state index contributed by atoms with van der Waals surface area (Å²) in [5.41, 5.74) is 6.78. The van der Waals surface area contributed by atoms with Crippen LogP contribution >= 0.6 is 28.3 Å². The minimum atomic E-state index is -0.00236. The van der Waals surface area contributed by atoms with Gasteiger partial charge >= 0.3 is 0 Å². The molecule has 0 bridgehead atoms. The first-order valence-electron chi connectivity index (χ1n) is 3.74. The summed E-state index contributed by atoms with van der Waals surface area (Å²) in [6, 6.07) is 5.85. The molecule has 0 aromatic heterocycles. The fourth-order valence-corrected chi connectivity index (χ4v) is 1.64. The molecule has 0 aliphatic carbocycles. The quantitative estimate of drug-likeness (QED) is 0.893. The number of halogens is 2. The van der Waals surface area contributed by atoms with Crippen LogP contribution in [0.3, 0.4) is 0 Å². The van der Waals surface area contributed by atoms with Gasteiger partial charge in [0.2, 0.25) is 0 Å². The highest BCUT2D eigenvalue weighted by molar-refractivity contribution is 9.10. The number of para-hydroxylation sites is 1. The number of hydrogen-bond donors (Lipinski definition) is 1. The van der Waals surface area contributed by atoms with Crippen molar-refractivity contribution in [3.63, 3.8) is 0 Å². The molecule has 0 saturated heterocycles. The zero-order chi connectivity index (χ0) is 9.14. The molecule has 2 N–H and O–H groups in total. The van der Waals surface area contributed by atoms with E-state index in [1.807, 2.05) is 25.1 Å². The van der Waals surface area contributed by atoms with Crippen molar-refractivity contribution in [2.45, 2.75) is 13.0 Å². The summed E-state index contributed by atoms with van der Waals surface area (Å²) >= 11 is 3.40. The van der Waals surface area contributed by atoms with E-state index in [0.717, 1.165) is 15.8 Å². The lowest BCUT2D eigenvalue weighted by Gasteiger charge is -2.12. The molecule has 13 heavy (non-hydrogen) atoms. The second kappa shape index (κ2) is 5.47. The van der Waals surface area contributed by atoms with Crippen LogP contribution in [0.2, 0.25) is 0 Å². The number of nitrogens with two attached hydrogens (primary N) is 1. The molecule has 1 atom stereocenters. The molecular weight excluding hydrogens is 253 g/mol. The van der Waals surface area contributed by atoms with Gasteiger partial charge < -0.3 is 10.5 Å². The molecule has 1 aromatic rings. The van der Waals surface area contributed by atoms with E-state index in [4.69, 9.17) is 10.5 Å². The van der Waals surface area contributed by atoms with Crippen LogP contribution in [-0.2, 0) is 0 Å². The van der Waals surface area contributed by atoms with Gasteiger partial charge in [-0.05, 0) is 28.9 Å².